The van der Waals surface area contributed by atoms with Crippen molar-refractivity contribution in [2.75, 3.05) is 0 Å². The first-order valence-corrected chi connectivity index (χ1v) is 6.67. The molecule has 1 N–H and O–H groups in total. The van der Waals surface area contributed by atoms with E-state index in [0.29, 0.717) is 12.8 Å². The highest BCUT2D eigenvalue weighted by molar-refractivity contribution is 7.86. The molecule has 2 atom stereocenters. The molecule has 16 heavy (non-hydrogen) atoms. The van der Waals surface area contributed by atoms with Crippen molar-refractivity contribution in [2.45, 2.75) is 36.4 Å². The Morgan fingerprint density at radius 1 is 1.19 bits per heavy atom. The zero-order valence-corrected chi connectivity index (χ0v) is 9.56. The van der Waals surface area contributed by atoms with Gasteiger partial charge in [-0.15, -0.1) is 0 Å². The van der Waals surface area contributed by atoms with Gasteiger partial charge in [-0.25, -0.2) is 0 Å². The van der Waals surface area contributed by atoms with Crippen LogP contribution in [0.5, 0.6) is 0 Å². The fourth-order valence-corrected chi connectivity index (χ4v) is 2.98. The molecule has 88 valence electrons. The van der Waals surface area contributed by atoms with E-state index in [1.54, 1.807) is 18.2 Å². The molecule has 1 aromatic rings. The van der Waals surface area contributed by atoms with Gasteiger partial charge in [-0.2, -0.15) is 8.42 Å². The highest BCUT2D eigenvalue weighted by Gasteiger charge is 2.31. The van der Waals surface area contributed by atoms with E-state index in [-0.39, 0.29) is 4.90 Å². The number of aliphatic hydroxyl groups is 1. The maximum atomic E-state index is 11.8. The van der Waals surface area contributed by atoms with Crippen LogP contribution >= 0.6 is 0 Å². The molecule has 1 aromatic carbocycles. The Hall–Kier alpha value is -0.910. The van der Waals surface area contributed by atoms with E-state index < -0.39 is 22.3 Å². The van der Waals surface area contributed by atoms with Crippen molar-refractivity contribution in [1.29, 1.82) is 0 Å². The Balaban J connectivity index is 2.15. The van der Waals surface area contributed by atoms with Crippen molar-refractivity contribution in [3.8, 4) is 0 Å². The molecule has 0 saturated heterocycles. The van der Waals surface area contributed by atoms with Crippen molar-refractivity contribution in [3.63, 3.8) is 0 Å². The van der Waals surface area contributed by atoms with Gasteiger partial charge in [-0.1, -0.05) is 18.2 Å². The van der Waals surface area contributed by atoms with Gasteiger partial charge < -0.3 is 5.11 Å². The van der Waals surface area contributed by atoms with E-state index in [9.17, 15) is 13.5 Å². The molecule has 1 fully saturated rings. The standard InChI is InChI=1S/C11H14O4S/c12-10-7-4-8-11(10)15-16(13,14)9-5-2-1-3-6-9/h1-3,5-6,10-12H,4,7-8H2. The third kappa shape index (κ3) is 2.42. The first kappa shape index (κ1) is 11.6. The normalized spacial score (nSPS) is 25.8. The summed E-state index contributed by atoms with van der Waals surface area (Å²) >= 11 is 0. The summed E-state index contributed by atoms with van der Waals surface area (Å²) in [5.74, 6) is 0. The molecule has 2 unspecified atom stereocenters. The molecule has 4 nitrogen and oxygen atoms in total. The van der Waals surface area contributed by atoms with Crippen LogP contribution in [0.3, 0.4) is 0 Å². The van der Waals surface area contributed by atoms with Crippen molar-refractivity contribution < 1.29 is 17.7 Å². The van der Waals surface area contributed by atoms with E-state index in [2.05, 4.69) is 0 Å². The van der Waals surface area contributed by atoms with E-state index in [1.807, 2.05) is 0 Å². The Morgan fingerprint density at radius 2 is 1.88 bits per heavy atom. The van der Waals surface area contributed by atoms with Crippen molar-refractivity contribution in [1.82, 2.24) is 0 Å². The lowest BCUT2D eigenvalue weighted by atomic mass is 10.3. The van der Waals surface area contributed by atoms with Crippen molar-refractivity contribution >= 4 is 10.1 Å². The lowest BCUT2D eigenvalue weighted by Crippen LogP contribution is -2.26. The zero-order valence-electron chi connectivity index (χ0n) is 8.74. The lowest BCUT2D eigenvalue weighted by molar-refractivity contribution is 0.0645. The summed E-state index contributed by atoms with van der Waals surface area (Å²) in [7, 11) is -3.74. The van der Waals surface area contributed by atoms with Gasteiger partial charge >= 0.3 is 0 Å². The third-order valence-corrected chi connectivity index (χ3v) is 4.05. The summed E-state index contributed by atoms with van der Waals surface area (Å²) in [5, 5.41) is 9.51. The minimum absolute atomic E-state index is 0.133. The Kier molecular flexibility index (Phi) is 3.28. The van der Waals surface area contributed by atoms with Crippen molar-refractivity contribution in [2.24, 2.45) is 0 Å². The third-order valence-electron chi connectivity index (χ3n) is 2.70. The molecule has 0 spiro atoms. The van der Waals surface area contributed by atoms with Gasteiger partial charge in [0.1, 0.15) is 6.10 Å². The summed E-state index contributed by atoms with van der Waals surface area (Å²) in [6, 6.07) is 7.99. The first-order chi connectivity index (χ1) is 7.59. The van der Waals surface area contributed by atoms with Crippen LogP contribution < -0.4 is 0 Å². The zero-order chi connectivity index (χ0) is 11.6. The van der Waals surface area contributed by atoms with Crippen LogP contribution in [0.2, 0.25) is 0 Å². The minimum atomic E-state index is -3.74. The van der Waals surface area contributed by atoms with Gasteiger partial charge in [-0.3, -0.25) is 4.18 Å². The average Bonchev–Trinajstić information content (AvgIpc) is 2.65. The second-order valence-electron chi connectivity index (χ2n) is 3.90. The summed E-state index contributed by atoms with van der Waals surface area (Å²) in [6.07, 6.45) is 0.738. The molecule has 0 amide bonds. The first-order valence-electron chi connectivity index (χ1n) is 5.26. The Morgan fingerprint density at radius 3 is 2.44 bits per heavy atom. The van der Waals surface area contributed by atoms with E-state index in [0.717, 1.165) is 6.42 Å². The molecule has 5 heteroatoms. The Labute approximate surface area is 95.0 Å². The number of hydrogen-bond acceptors (Lipinski definition) is 4. The fraction of sp³-hybridized carbons (Fsp3) is 0.455. The van der Waals surface area contributed by atoms with E-state index in [1.165, 1.54) is 12.1 Å². The average molecular weight is 242 g/mol. The topological polar surface area (TPSA) is 63.6 Å². The van der Waals surface area contributed by atoms with Gasteiger partial charge in [0.25, 0.3) is 10.1 Å². The van der Waals surface area contributed by atoms with Gasteiger partial charge in [0.05, 0.1) is 11.0 Å². The van der Waals surface area contributed by atoms with E-state index in [4.69, 9.17) is 4.18 Å². The van der Waals surface area contributed by atoms with E-state index >= 15 is 0 Å². The SMILES string of the molecule is O=S(=O)(OC1CCCC1O)c1ccccc1. The quantitative estimate of drug-likeness (QED) is 0.812. The molecule has 0 aliphatic heterocycles. The molecule has 0 radical (unpaired) electrons. The van der Waals surface area contributed by atoms with Gasteiger partial charge in [0.15, 0.2) is 0 Å². The number of benzene rings is 1. The van der Waals surface area contributed by atoms with Crippen LogP contribution in [0.1, 0.15) is 19.3 Å². The maximum Gasteiger partial charge on any atom is 0.297 e. The summed E-state index contributed by atoms with van der Waals surface area (Å²) < 4.78 is 28.6. The second-order valence-corrected chi connectivity index (χ2v) is 5.47. The monoisotopic (exact) mass is 242 g/mol. The Bertz CT molecular complexity index is 440. The molecule has 1 saturated carbocycles. The summed E-state index contributed by atoms with van der Waals surface area (Å²) in [4.78, 5) is 0.133. The minimum Gasteiger partial charge on any atom is -0.390 e. The number of rotatable bonds is 3. The predicted octanol–water partition coefficient (Wildman–Crippen LogP) is 1.31. The predicted molar refractivity (Wildman–Crippen MR) is 58.4 cm³/mol. The summed E-state index contributed by atoms with van der Waals surface area (Å²) in [5.41, 5.74) is 0. The molecular weight excluding hydrogens is 228 g/mol. The van der Waals surface area contributed by atoms with Crippen LogP contribution in [0.25, 0.3) is 0 Å². The molecule has 1 aliphatic carbocycles. The fourth-order valence-electron chi connectivity index (χ4n) is 1.82. The molecule has 0 aromatic heterocycles. The molecule has 0 bridgehead atoms. The van der Waals surface area contributed by atoms with Gasteiger partial charge in [0, 0.05) is 0 Å². The highest BCUT2D eigenvalue weighted by Crippen LogP contribution is 2.25. The van der Waals surface area contributed by atoms with Crippen LogP contribution in [-0.4, -0.2) is 25.7 Å². The van der Waals surface area contributed by atoms with Crippen LogP contribution in [0, 0.1) is 0 Å². The summed E-state index contributed by atoms with van der Waals surface area (Å²) in [6.45, 7) is 0. The molecule has 0 heterocycles. The van der Waals surface area contributed by atoms with Crippen LogP contribution in [0.4, 0.5) is 0 Å². The maximum absolute atomic E-state index is 11.8. The largest absolute Gasteiger partial charge is 0.390 e. The van der Waals surface area contributed by atoms with Crippen molar-refractivity contribution in [3.05, 3.63) is 30.3 Å². The lowest BCUT2D eigenvalue weighted by Gasteiger charge is -2.15. The van der Waals surface area contributed by atoms with Gasteiger partial charge in [-0.05, 0) is 31.4 Å². The molecule has 1 aliphatic rings. The number of hydrogen-bond donors (Lipinski definition) is 1. The highest BCUT2D eigenvalue weighted by atomic mass is 32.2. The number of aliphatic hydroxyl groups excluding tert-OH is 1. The smallest absolute Gasteiger partial charge is 0.297 e. The van der Waals surface area contributed by atoms with Crippen LogP contribution in [-0.2, 0) is 14.3 Å². The second kappa shape index (κ2) is 4.53. The van der Waals surface area contributed by atoms with Gasteiger partial charge in [0.2, 0.25) is 0 Å². The molecular formula is C11H14O4S. The van der Waals surface area contributed by atoms with Crippen LogP contribution in [0.15, 0.2) is 35.2 Å². The molecule has 2 rings (SSSR count).